The van der Waals surface area contributed by atoms with Gasteiger partial charge in [0.1, 0.15) is 0 Å². The maximum atomic E-state index is 4.77. The fraction of sp³-hybridized carbons (Fsp3) is 0.286. The molecule has 0 spiro atoms. The van der Waals surface area contributed by atoms with E-state index in [0.29, 0.717) is 11.3 Å². The van der Waals surface area contributed by atoms with Gasteiger partial charge in [-0.05, 0) is 38.1 Å². The van der Waals surface area contributed by atoms with Gasteiger partial charge in [0, 0.05) is 9.86 Å². The Kier molecular flexibility index (Phi) is 3.16. The van der Waals surface area contributed by atoms with E-state index < -0.39 is 0 Å². The van der Waals surface area contributed by atoms with Crippen LogP contribution in [0.2, 0.25) is 0 Å². The minimum atomic E-state index is 0.315. The fourth-order valence-corrected chi connectivity index (χ4v) is 3.73. The molecule has 92 valence electrons. The van der Waals surface area contributed by atoms with Gasteiger partial charge >= 0.3 is 0 Å². The smallest absolute Gasteiger partial charge is 0.0749 e. The normalized spacial score (nSPS) is 23.4. The zero-order valence-electron chi connectivity index (χ0n) is 10.2. The SMILES string of the molecule is CC1=NC(C)C(c2ccc3cc(Br)ccc3n2)S1. The van der Waals surface area contributed by atoms with E-state index >= 15 is 0 Å². The first-order chi connectivity index (χ1) is 8.63. The lowest BCUT2D eigenvalue weighted by Crippen LogP contribution is -2.06. The van der Waals surface area contributed by atoms with Gasteiger partial charge in [0.25, 0.3) is 0 Å². The quantitative estimate of drug-likeness (QED) is 0.767. The first-order valence-corrected chi connectivity index (χ1v) is 7.58. The van der Waals surface area contributed by atoms with Gasteiger partial charge in [-0.2, -0.15) is 0 Å². The number of thioether (sulfide) groups is 1. The first kappa shape index (κ1) is 12.2. The molecule has 0 saturated heterocycles. The van der Waals surface area contributed by atoms with Crippen LogP contribution in [0.15, 0.2) is 39.8 Å². The van der Waals surface area contributed by atoms with Crippen LogP contribution in [0.1, 0.15) is 24.8 Å². The number of aromatic nitrogens is 1. The Morgan fingerprint density at radius 1 is 1.22 bits per heavy atom. The molecule has 0 amide bonds. The number of benzene rings is 1. The number of hydrogen-bond acceptors (Lipinski definition) is 3. The molecule has 1 aliphatic heterocycles. The van der Waals surface area contributed by atoms with Crippen molar-refractivity contribution in [2.45, 2.75) is 25.1 Å². The Morgan fingerprint density at radius 2 is 2.06 bits per heavy atom. The van der Waals surface area contributed by atoms with Crippen LogP contribution in [0.5, 0.6) is 0 Å². The van der Waals surface area contributed by atoms with Gasteiger partial charge in [0.05, 0.1) is 27.5 Å². The lowest BCUT2D eigenvalue weighted by molar-refractivity contribution is 0.726. The summed E-state index contributed by atoms with van der Waals surface area (Å²) in [6, 6.07) is 10.8. The molecule has 2 unspecified atom stereocenters. The van der Waals surface area contributed by atoms with E-state index in [1.54, 1.807) is 0 Å². The van der Waals surface area contributed by atoms with Gasteiger partial charge in [0.15, 0.2) is 0 Å². The van der Waals surface area contributed by atoms with Crippen LogP contribution in [0.25, 0.3) is 10.9 Å². The summed E-state index contributed by atoms with van der Waals surface area (Å²) in [5.41, 5.74) is 2.18. The Morgan fingerprint density at radius 3 is 2.78 bits per heavy atom. The Bertz CT molecular complexity index is 639. The topological polar surface area (TPSA) is 25.2 Å². The Labute approximate surface area is 119 Å². The van der Waals surface area contributed by atoms with E-state index in [9.17, 15) is 0 Å². The number of rotatable bonds is 1. The Balaban J connectivity index is 2.02. The second-order valence-corrected chi connectivity index (χ2v) is 6.75. The molecule has 0 bridgehead atoms. The molecule has 2 atom stereocenters. The van der Waals surface area contributed by atoms with E-state index in [2.05, 4.69) is 59.0 Å². The summed E-state index contributed by atoms with van der Waals surface area (Å²) in [7, 11) is 0. The predicted octanol–water partition coefficient (Wildman–Crippen LogP) is 4.59. The van der Waals surface area contributed by atoms with Gasteiger partial charge in [-0.1, -0.05) is 33.8 Å². The van der Waals surface area contributed by atoms with Crippen LogP contribution >= 0.6 is 27.7 Å². The highest BCUT2D eigenvalue weighted by atomic mass is 79.9. The molecule has 0 N–H and O–H groups in total. The molecule has 0 aliphatic carbocycles. The van der Waals surface area contributed by atoms with E-state index in [4.69, 9.17) is 4.98 Å². The number of pyridine rings is 1. The molecule has 0 radical (unpaired) electrons. The molecular weight excluding hydrogens is 308 g/mol. The van der Waals surface area contributed by atoms with Crippen molar-refractivity contribution in [2.24, 2.45) is 4.99 Å². The second kappa shape index (κ2) is 4.67. The molecule has 0 fully saturated rings. The van der Waals surface area contributed by atoms with Crippen molar-refractivity contribution in [1.82, 2.24) is 4.98 Å². The molecule has 4 heteroatoms. The average molecular weight is 321 g/mol. The van der Waals surface area contributed by atoms with E-state index in [1.807, 2.05) is 17.8 Å². The molecular formula is C14H13BrN2S. The van der Waals surface area contributed by atoms with Gasteiger partial charge in [-0.15, -0.1) is 0 Å². The van der Waals surface area contributed by atoms with Crippen molar-refractivity contribution >= 4 is 43.6 Å². The van der Waals surface area contributed by atoms with Crippen LogP contribution in [0.3, 0.4) is 0 Å². The molecule has 0 saturated carbocycles. The third kappa shape index (κ3) is 2.19. The molecule has 2 aromatic rings. The summed E-state index contributed by atoms with van der Waals surface area (Å²) in [6.45, 7) is 4.22. The highest BCUT2D eigenvalue weighted by molar-refractivity contribution is 9.10. The monoisotopic (exact) mass is 320 g/mol. The van der Waals surface area contributed by atoms with E-state index in [-0.39, 0.29) is 0 Å². The number of aliphatic imine (C=N–C) groups is 1. The van der Waals surface area contributed by atoms with Crippen molar-refractivity contribution < 1.29 is 0 Å². The molecule has 2 heterocycles. The summed E-state index contributed by atoms with van der Waals surface area (Å²) in [5, 5.41) is 2.68. The zero-order chi connectivity index (χ0) is 12.7. The lowest BCUT2D eigenvalue weighted by Gasteiger charge is -2.13. The maximum absolute atomic E-state index is 4.77. The fourth-order valence-electron chi connectivity index (χ4n) is 2.25. The highest BCUT2D eigenvalue weighted by Crippen LogP contribution is 2.39. The van der Waals surface area contributed by atoms with Gasteiger partial charge in [-0.25, -0.2) is 0 Å². The average Bonchev–Trinajstić information content (AvgIpc) is 2.68. The van der Waals surface area contributed by atoms with Gasteiger partial charge < -0.3 is 0 Å². The maximum Gasteiger partial charge on any atom is 0.0749 e. The minimum absolute atomic E-state index is 0.315. The van der Waals surface area contributed by atoms with Crippen LogP contribution in [-0.4, -0.2) is 16.1 Å². The first-order valence-electron chi connectivity index (χ1n) is 5.91. The van der Waals surface area contributed by atoms with Crippen molar-refractivity contribution in [3.05, 3.63) is 40.5 Å². The standard InChI is InChI=1S/C14H13BrN2S/c1-8-14(18-9(2)16-8)13-5-3-10-7-11(15)4-6-12(10)17-13/h3-8,14H,1-2H3. The van der Waals surface area contributed by atoms with E-state index in [0.717, 1.165) is 20.7 Å². The van der Waals surface area contributed by atoms with Crippen LogP contribution in [0, 0.1) is 0 Å². The largest absolute Gasteiger partial charge is 0.279 e. The minimum Gasteiger partial charge on any atom is -0.279 e. The Hall–Kier alpha value is -0.870. The summed E-state index contributed by atoms with van der Waals surface area (Å²) in [4.78, 5) is 9.34. The molecule has 1 aromatic carbocycles. The summed E-state index contributed by atoms with van der Waals surface area (Å²) >= 11 is 5.30. The third-order valence-corrected chi connectivity index (χ3v) is 4.91. The highest BCUT2D eigenvalue weighted by Gasteiger charge is 2.27. The lowest BCUT2D eigenvalue weighted by atomic mass is 10.1. The van der Waals surface area contributed by atoms with Crippen molar-refractivity contribution in [3.8, 4) is 0 Å². The van der Waals surface area contributed by atoms with Crippen molar-refractivity contribution in [3.63, 3.8) is 0 Å². The number of fused-ring (bicyclic) bond motifs is 1. The van der Waals surface area contributed by atoms with Gasteiger partial charge in [0.2, 0.25) is 0 Å². The molecule has 2 nitrogen and oxygen atoms in total. The molecule has 1 aliphatic rings. The van der Waals surface area contributed by atoms with Crippen molar-refractivity contribution in [1.29, 1.82) is 0 Å². The second-order valence-electron chi connectivity index (χ2n) is 4.50. The number of nitrogens with zero attached hydrogens (tertiary/aromatic N) is 2. The molecule has 1 aromatic heterocycles. The van der Waals surface area contributed by atoms with Gasteiger partial charge in [-0.3, -0.25) is 9.98 Å². The number of hydrogen-bond donors (Lipinski definition) is 0. The number of halogens is 1. The molecule has 18 heavy (non-hydrogen) atoms. The van der Waals surface area contributed by atoms with Crippen molar-refractivity contribution in [2.75, 3.05) is 0 Å². The van der Waals surface area contributed by atoms with Crippen LogP contribution in [0.4, 0.5) is 0 Å². The third-order valence-electron chi connectivity index (χ3n) is 3.09. The van der Waals surface area contributed by atoms with Crippen LogP contribution in [-0.2, 0) is 0 Å². The van der Waals surface area contributed by atoms with E-state index in [1.165, 1.54) is 5.39 Å². The summed E-state index contributed by atoms with van der Waals surface area (Å²) in [6.07, 6.45) is 0. The zero-order valence-corrected chi connectivity index (χ0v) is 12.6. The summed E-state index contributed by atoms with van der Waals surface area (Å²) < 4.78 is 1.09. The molecule has 3 rings (SSSR count). The van der Waals surface area contributed by atoms with Crippen LogP contribution < -0.4 is 0 Å². The predicted molar refractivity (Wildman–Crippen MR) is 82.3 cm³/mol. The summed E-state index contributed by atoms with van der Waals surface area (Å²) in [5.74, 6) is 0.